The van der Waals surface area contributed by atoms with E-state index in [1.165, 1.54) is 11.1 Å². The van der Waals surface area contributed by atoms with Gasteiger partial charge in [0.15, 0.2) is 0 Å². The Bertz CT molecular complexity index is 432. The third-order valence-corrected chi connectivity index (χ3v) is 4.02. The van der Waals surface area contributed by atoms with E-state index < -0.39 is 6.10 Å². The molecule has 1 aliphatic rings. The number of hydrogen-bond donors (Lipinski definition) is 1. The lowest BCUT2D eigenvalue weighted by atomic mass is 10.1. The number of nitrogens with zero attached hydrogens (tertiary/aromatic N) is 2. The molecule has 1 aliphatic heterocycles. The van der Waals surface area contributed by atoms with Gasteiger partial charge in [0.1, 0.15) is 18.5 Å². The first kappa shape index (κ1) is 22.5. The van der Waals surface area contributed by atoms with Gasteiger partial charge in [0.05, 0.1) is 0 Å². The smallest absolute Gasteiger partial charge is 0.119 e. The van der Waals surface area contributed by atoms with Gasteiger partial charge < -0.3 is 39.6 Å². The van der Waals surface area contributed by atoms with E-state index in [2.05, 4.69) is 36.6 Å². The first-order chi connectivity index (χ1) is 10.1. The summed E-state index contributed by atoms with van der Waals surface area (Å²) in [6.07, 6.45) is -0.431. The zero-order valence-corrected chi connectivity index (χ0v) is 15.8. The predicted molar refractivity (Wildman–Crippen MR) is 86.0 cm³/mol. The molecule has 1 N–H and O–H groups in total. The molecule has 1 atom stereocenters. The molecule has 0 aliphatic carbocycles. The maximum absolute atomic E-state index is 10.1. The predicted octanol–water partition coefficient (Wildman–Crippen LogP) is -4.31. The summed E-state index contributed by atoms with van der Waals surface area (Å²) in [6, 6.07) is 6.15. The minimum absolute atomic E-state index is 0. The van der Waals surface area contributed by atoms with Gasteiger partial charge in [0, 0.05) is 32.7 Å². The van der Waals surface area contributed by atoms with Gasteiger partial charge in [-0.15, -0.1) is 0 Å². The van der Waals surface area contributed by atoms with Crippen molar-refractivity contribution in [3.05, 3.63) is 29.3 Å². The van der Waals surface area contributed by atoms with E-state index in [0.29, 0.717) is 13.2 Å². The van der Waals surface area contributed by atoms with Crippen molar-refractivity contribution in [3.63, 3.8) is 0 Å². The van der Waals surface area contributed by atoms with E-state index in [0.717, 1.165) is 38.5 Å². The fourth-order valence-electron chi connectivity index (χ4n) is 2.85. The van der Waals surface area contributed by atoms with E-state index in [9.17, 15) is 5.11 Å². The van der Waals surface area contributed by atoms with Crippen LogP contribution in [0.25, 0.3) is 0 Å². The molecule has 0 saturated carbocycles. The Labute approximate surface area is 152 Å². The number of hydrogen-bond acceptors (Lipinski definition) is 4. The Kier molecular flexibility index (Phi) is 10.9. The summed E-state index contributed by atoms with van der Waals surface area (Å²) in [7, 11) is 0. The number of aliphatic hydroxyl groups excluding tert-OH is 1. The molecule has 134 valence electrons. The summed E-state index contributed by atoms with van der Waals surface area (Å²) in [6.45, 7) is 12.8. The van der Waals surface area contributed by atoms with Gasteiger partial charge in [-0.25, -0.2) is 0 Å². The lowest BCUT2D eigenvalue weighted by molar-refractivity contribution is -0.00100. The molecule has 2 rings (SSSR count). The van der Waals surface area contributed by atoms with Crippen LogP contribution in [-0.4, -0.2) is 66.9 Å². The highest BCUT2D eigenvalue weighted by atomic mass is 35.5. The maximum atomic E-state index is 10.1. The zero-order valence-electron chi connectivity index (χ0n) is 14.3. The molecular formula is C17H28Cl2N2O2-2. The van der Waals surface area contributed by atoms with Crippen LogP contribution in [0.15, 0.2) is 18.2 Å². The Balaban J connectivity index is 0.00000242. The van der Waals surface area contributed by atoms with Crippen LogP contribution in [0, 0.1) is 13.8 Å². The fourth-order valence-corrected chi connectivity index (χ4v) is 2.85. The Hall–Kier alpha value is -0.520. The lowest BCUT2D eigenvalue weighted by Crippen LogP contribution is -3.00. The number of piperazine rings is 1. The average Bonchev–Trinajstić information content (AvgIpc) is 2.45. The molecule has 1 aromatic rings. The number of aliphatic hydroxyl groups is 1. The largest absolute Gasteiger partial charge is 1.00 e. The van der Waals surface area contributed by atoms with Crippen molar-refractivity contribution >= 4 is 0 Å². The molecule has 1 unspecified atom stereocenters. The van der Waals surface area contributed by atoms with Crippen LogP contribution in [0.4, 0.5) is 0 Å². The van der Waals surface area contributed by atoms with Crippen molar-refractivity contribution in [3.8, 4) is 5.75 Å². The SMILES string of the molecule is CCN1CCN(CC(O)COc2cc(C)cc(C)c2)CC1.[Cl-].[Cl-]. The van der Waals surface area contributed by atoms with Gasteiger partial charge in [-0.3, -0.25) is 4.90 Å². The second-order valence-electron chi connectivity index (χ2n) is 6.02. The standard InChI is InChI=1S/C17H28N2O2.2ClH/c1-4-18-5-7-19(8-6-18)12-16(20)13-21-17-10-14(2)9-15(3)11-17;;/h9-11,16,20H,4-8,12-13H2,1-3H3;2*1H/p-2. The lowest BCUT2D eigenvalue weighted by Gasteiger charge is -2.34. The Morgan fingerprint density at radius 3 is 2.04 bits per heavy atom. The molecule has 1 saturated heterocycles. The minimum Gasteiger partial charge on any atom is -1.00 e. The topological polar surface area (TPSA) is 35.9 Å². The van der Waals surface area contributed by atoms with Crippen LogP contribution in [0.5, 0.6) is 5.75 Å². The van der Waals surface area contributed by atoms with Crippen molar-refractivity contribution < 1.29 is 34.7 Å². The Morgan fingerprint density at radius 2 is 1.52 bits per heavy atom. The van der Waals surface area contributed by atoms with Crippen molar-refractivity contribution in [2.24, 2.45) is 0 Å². The van der Waals surface area contributed by atoms with Crippen LogP contribution < -0.4 is 29.6 Å². The van der Waals surface area contributed by atoms with Gasteiger partial charge >= 0.3 is 0 Å². The van der Waals surface area contributed by atoms with Gasteiger partial charge in [0.2, 0.25) is 0 Å². The second kappa shape index (κ2) is 11.1. The maximum Gasteiger partial charge on any atom is 0.119 e. The van der Waals surface area contributed by atoms with E-state index in [-0.39, 0.29) is 24.8 Å². The summed E-state index contributed by atoms with van der Waals surface area (Å²) in [5, 5.41) is 10.1. The molecule has 0 radical (unpaired) electrons. The van der Waals surface area contributed by atoms with Gasteiger partial charge in [0.25, 0.3) is 0 Å². The van der Waals surface area contributed by atoms with E-state index in [1.54, 1.807) is 0 Å². The third-order valence-electron chi connectivity index (χ3n) is 4.02. The summed E-state index contributed by atoms with van der Waals surface area (Å²) < 4.78 is 5.73. The van der Waals surface area contributed by atoms with Gasteiger partial charge in [-0.1, -0.05) is 13.0 Å². The van der Waals surface area contributed by atoms with Crippen LogP contribution >= 0.6 is 0 Å². The number of halogens is 2. The number of aryl methyl sites for hydroxylation is 2. The van der Waals surface area contributed by atoms with Crippen molar-refractivity contribution in [1.29, 1.82) is 0 Å². The number of benzene rings is 1. The first-order valence-corrected chi connectivity index (χ1v) is 7.90. The molecular weight excluding hydrogens is 335 g/mol. The van der Waals surface area contributed by atoms with Crippen LogP contribution in [0.3, 0.4) is 0 Å². The van der Waals surface area contributed by atoms with Gasteiger partial charge in [-0.05, 0) is 43.7 Å². The molecule has 4 nitrogen and oxygen atoms in total. The van der Waals surface area contributed by atoms with Gasteiger partial charge in [-0.2, -0.15) is 0 Å². The monoisotopic (exact) mass is 362 g/mol. The minimum atomic E-state index is -0.431. The highest BCUT2D eigenvalue weighted by molar-refractivity contribution is 5.32. The van der Waals surface area contributed by atoms with Crippen LogP contribution in [-0.2, 0) is 0 Å². The van der Waals surface area contributed by atoms with E-state index in [4.69, 9.17) is 4.74 Å². The van der Waals surface area contributed by atoms with E-state index >= 15 is 0 Å². The second-order valence-corrected chi connectivity index (χ2v) is 6.02. The highest BCUT2D eigenvalue weighted by Crippen LogP contribution is 2.16. The fraction of sp³-hybridized carbons (Fsp3) is 0.647. The average molecular weight is 363 g/mol. The Morgan fingerprint density at radius 1 is 1.00 bits per heavy atom. The number of rotatable bonds is 6. The number of β-amino-alcohol motifs (C(OH)–C–C–N with tert-alkyl or cyclic N) is 1. The quantitative estimate of drug-likeness (QED) is 0.555. The normalized spacial score (nSPS) is 17.0. The molecule has 1 aromatic carbocycles. The zero-order chi connectivity index (χ0) is 15.2. The molecule has 0 aromatic heterocycles. The molecule has 1 fully saturated rings. The van der Waals surface area contributed by atoms with Crippen molar-refractivity contribution in [2.75, 3.05) is 45.9 Å². The number of likely N-dealkylation sites (N-methyl/N-ethyl adjacent to an activating group) is 1. The molecule has 0 spiro atoms. The van der Waals surface area contributed by atoms with Crippen molar-refractivity contribution in [2.45, 2.75) is 26.9 Å². The summed E-state index contributed by atoms with van der Waals surface area (Å²) in [5.74, 6) is 0.849. The number of ether oxygens (including phenoxy) is 1. The summed E-state index contributed by atoms with van der Waals surface area (Å²) in [5.41, 5.74) is 2.38. The van der Waals surface area contributed by atoms with E-state index in [1.807, 2.05) is 12.1 Å². The summed E-state index contributed by atoms with van der Waals surface area (Å²) in [4.78, 5) is 4.76. The molecule has 0 bridgehead atoms. The summed E-state index contributed by atoms with van der Waals surface area (Å²) >= 11 is 0. The van der Waals surface area contributed by atoms with Crippen LogP contribution in [0.2, 0.25) is 0 Å². The molecule has 0 amide bonds. The molecule has 23 heavy (non-hydrogen) atoms. The van der Waals surface area contributed by atoms with Crippen molar-refractivity contribution in [1.82, 2.24) is 9.80 Å². The molecule has 6 heteroatoms. The third kappa shape index (κ3) is 7.73. The molecule has 1 heterocycles. The van der Waals surface area contributed by atoms with Crippen LogP contribution in [0.1, 0.15) is 18.1 Å². The highest BCUT2D eigenvalue weighted by Gasteiger charge is 2.18. The first-order valence-electron chi connectivity index (χ1n) is 7.90.